The molecule has 2 N–H and O–H groups in total. The van der Waals surface area contributed by atoms with E-state index in [4.69, 9.17) is 5.73 Å². The number of hydrogen-bond donors (Lipinski definition) is 1. The van der Waals surface area contributed by atoms with Crippen LogP contribution < -0.4 is 5.73 Å². The molecule has 147 valence electrons. The predicted octanol–water partition coefficient (Wildman–Crippen LogP) is 4.82. The Bertz CT molecular complexity index is 1060. The Morgan fingerprint density at radius 3 is 2.41 bits per heavy atom. The van der Waals surface area contributed by atoms with Crippen LogP contribution >= 0.6 is 0 Å². The summed E-state index contributed by atoms with van der Waals surface area (Å²) in [5.41, 5.74) is 11.6. The van der Waals surface area contributed by atoms with Crippen molar-refractivity contribution in [2.75, 3.05) is 13.1 Å². The van der Waals surface area contributed by atoms with Crippen LogP contribution in [0.3, 0.4) is 0 Å². The minimum atomic E-state index is -0.361. The average Bonchev–Trinajstić information content (AvgIpc) is 3.16. The lowest BCUT2D eigenvalue weighted by Crippen LogP contribution is -2.31. The third-order valence-corrected chi connectivity index (χ3v) is 5.51. The summed E-state index contributed by atoms with van der Waals surface area (Å²) in [6.07, 6.45) is 0.816. The van der Waals surface area contributed by atoms with Crippen LogP contribution in [0.1, 0.15) is 27.9 Å². The van der Waals surface area contributed by atoms with Gasteiger partial charge >= 0.3 is 0 Å². The summed E-state index contributed by atoms with van der Waals surface area (Å²) in [6.45, 7) is 6.97. The van der Waals surface area contributed by atoms with Crippen LogP contribution in [0, 0.1) is 19.7 Å². The summed E-state index contributed by atoms with van der Waals surface area (Å²) in [5.74, 6) is -0.400. The second kappa shape index (κ2) is 7.80. The maximum atomic E-state index is 14.2. The molecule has 1 amide bonds. The second-order valence-electron chi connectivity index (χ2n) is 7.73. The zero-order valence-electron chi connectivity index (χ0n) is 16.5. The van der Waals surface area contributed by atoms with Crippen molar-refractivity contribution >= 4 is 5.91 Å². The minimum Gasteiger partial charge on any atom is -0.337 e. The maximum Gasteiger partial charge on any atom is 0.253 e. The molecule has 3 aromatic carbocycles. The van der Waals surface area contributed by atoms with E-state index in [0.29, 0.717) is 24.2 Å². The molecule has 0 unspecified atom stereocenters. The fourth-order valence-corrected chi connectivity index (χ4v) is 3.77. The van der Waals surface area contributed by atoms with Gasteiger partial charge in [-0.3, -0.25) is 4.79 Å². The van der Waals surface area contributed by atoms with Crippen molar-refractivity contribution in [3.05, 3.63) is 90.1 Å². The standard InChI is InChI=1S/C25H24FN2O/c1-16-3-6-18(7-4-16)22-10-9-20(25(29)28-12-11-21(27)15-28)13-23(22)19-8-5-17(2)24(26)14-19/h3-10,13-14,21H,2,11-12,15,27H2,1H3/t21-/m0/s1. The van der Waals surface area contributed by atoms with Crippen molar-refractivity contribution in [1.29, 1.82) is 0 Å². The van der Waals surface area contributed by atoms with Crippen LogP contribution in [0.25, 0.3) is 22.3 Å². The lowest BCUT2D eigenvalue weighted by atomic mass is 9.91. The first-order valence-corrected chi connectivity index (χ1v) is 9.80. The third kappa shape index (κ3) is 3.94. The minimum absolute atomic E-state index is 0.0314. The van der Waals surface area contributed by atoms with Gasteiger partial charge in [-0.2, -0.15) is 0 Å². The molecular formula is C25H24FN2O. The van der Waals surface area contributed by atoms with E-state index in [1.807, 2.05) is 55.5 Å². The van der Waals surface area contributed by atoms with Crippen LogP contribution in [0.5, 0.6) is 0 Å². The van der Waals surface area contributed by atoms with Gasteiger partial charge in [-0.15, -0.1) is 0 Å². The fraction of sp³-hybridized carbons (Fsp3) is 0.200. The normalized spacial score (nSPS) is 16.3. The first kappa shape index (κ1) is 19.3. The van der Waals surface area contributed by atoms with Crippen LogP contribution in [-0.4, -0.2) is 29.9 Å². The molecule has 0 aliphatic carbocycles. The maximum absolute atomic E-state index is 14.2. The van der Waals surface area contributed by atoms with Gasteiger partial charge < -0.3 is 10.6 Å². The highest BCUT2D eigenvalue weighted by atomic mass is 19.1. The molecular weight excluding hydrogens is 363 g/mol. The third-order valence-electron chi connectivity index (χ3n) is 5.51. The number of rotatable bonds is 3. The van der Waals surface area contributed by atoms with Crippen LogP contribution in [0.4, 0.5) is 4.39 Å². The van der Waals surface area contributed by atoms with Crippen LogP contribution in [-0.2, 0) is 0 Å². The van der Waals surface area contributed by atoms with Gasteiger partial charge in [0.05, 0.1) is 0 Å². The predicted molar refractivity (Wildman–Crippen MR) is 115 cm³/mol. The number of carbonyl (C=O) groups is 1. The largest absolute Gasteiger partial charge is 0.337 e. The Morgan fingerprint density at radius 2 is 1.76 bits per heavy atom. The summed E-state index contributed by atoms with van der Waals surface area (Å²) >= 11 is 0. The first-order valence-electron chi connectivity index (χ1n) is 9.80. The summed E-state index contributed by atoms with van der Waals surface area (Å²) < 4.78 is 14.2. The molecule has 3 aromatic rings. The van der Waals surface area contributed by atoms with Gasteiger partial charge in [-0.1, -0.05) is 48.0 Å². The number of halogens is 1. The number of nitrogens with zero attached hydrogens (tertiary/aromatic N) is 1. The van der Waals surface area contributed by atoms with Gasteiger partial charge in [0, 0.05) is 24.7 Å². The van der Waals surface area contributed by atoms with E-state index in [1.54, 1.807) is 11.0 Å². The molecule has 1 saturated heterocycles. The Kier molecular flexibility index (Phi) is 5.20. The molecule has 0 bridgehead atoms. The summed E-state index contributed by atoms with van der Waals surface area (Å²) in [7, 11) is 0. The number of likely N-dealkylation sites (tertiary alicyclic amines) is 1. The highest BCUT2D eigenvalue weighted by molar-refractivity contribution is 5.98. The van der Waals surface area contributed by atoms with Crippen molar-refractivity contribution in [3.8, 4) is 22.3 Å². The van der Waals surface area contributed by atoms with Crippen molar-refractivity contribution in [2.45, 2.75) is 19.4 Å². The Hall–Kier alpha value is -2.98. The molecule has 0 spiro atoms. The van der Waals surface area contributed by atoms with E-state index in [2.05, 4.69) is 6.92 Å². The second-order valence-corrected chi connectivity index (χ2v) is 7.73. The summed E-state index contributed by atoms with van der Waals surface area (Å²) in [4.78, 5) is 14.8. The highest BCUT2D eigenvalue weighted by Gasteiger charge is 2.25. The van der Waals surface area contributed by atoms with Crippen molar-refractivity contribution in [3.63, 3.8) is 0 Å². The fourth-order valence-electron chi connectivity index (χ4n) is 3.77. The van der Waals surface area contributed by atoms with Gasteiger partial charge in [-0.25, -0.2) is 4.39 Å². The van der Waals surface area contributed by atoms with Crippen LogP contribution in [0.2, 0.25) is 0 Å². The molecule has 1 heterocycles. The topological polar surface area (TPSA) is 46.3 Å². The lowest BCUT2D eigenvalue weighted by molar-refractivity contribution is 0.0791. The molecule has 1 radical (unpaired) electrons. The molecule has 4 heteroatoms. The van der Waals surface area contributed by atoms with E-state index in [9.17, 15) is 9.18 Å². The van der Waals surface area contributed by atoms with Gasteiger partial charge in [0.15, 0.2) is 0 Å². The van der Waals surface area contributed by atoms with Gasteiger partial charge in [0.1, 0.15) is 5.82 Å². The number of hydrogen-bond acceptors (Lipinski definition) is 2. The zero-order chi connectivity index (χ0) is 20.5. The van der Waals surface area contributed by atoms with Crippen LogP contribution in [0.15, 0.2) is 60.7 Å². The Labute approximate surface area is 171 Å². The smallest absolute Gasteiger partial charge is 0.253 e. The van der Waals surface area contributed by atoms with E-state index >= 15 is 0 Å². The molecule has 4 rings (SSSR count). The first-order chi connectivity index (χ1) is 13.9. The van der Waals surface area contributed by atoms with E-state index < -0.39 is 0 Å². The van der Waals surface area contributed by atoms with E-state index in [-0.39, 0.29) is 17.8 Å². The van der Waals surface area contributed by atoms with Gasteiger partial charge in [0.2, 0.25) is 0 Å². The molecule has 1 aliphatic heterocycles. The molecule has 1 aliphatic rings. The van der Waals surface area contributed by atoms with Crippen molar-refractivity contribution < 1.29 is 9.18 Å². The molecule has 0 saturated carbocycles. The summed E-state index contributed by atoms with van der Waals surface area (Å²) in [5, 5.41) is 0. The van der Waals surface area contributed by atoms with Gasteiger partial charge in [-0.05, 0) is 66.3 Å². The average molecular weight is 387 g/mol. The SMILES string of the molecule is [CH2]c1ccc(-c2cc(C(=O)N3CC[C@H](N)C3)ccc2-c2ccc(C)cc2)cc1F. The quantitative estimate of drug-likeness (QED) is 0.700. The number of amides is 1. The lowest BCUT2D eigenvalue weighted by Gasteiger charge is -2.18. The number of nitrogens with two attached hydrogens (primary N) is 1. The monoisotopic (exact) mass is 387 g/mol. The van der Waals surface area contributed by atoms with E-state index in [1.165, 1.54) is 11.6 Å². The molecule has 3 nitrogen and oxygen atoms in total. The Morgan fingerprint density at radius 1 is 1.03 bits per heavy atom. The van der Waals surface area contributed by atoms with Crippen molar-refractivity contribution in [1.82, 2.24) is 4.90 Å². The molecule has 29 heavy (non-hydrogen) atoms. The van der Waals surface area contributed by atoms with E-state index in [0.717, 1.165) is 28.7 Å². The number of carbonyl (C=O) groups excluding carboxylic acids is 1. The number of benzene rings is 3. The number of aryl methyl sites for hydroxylation is 1. The Balaban J connectivity index is 1.82. The highest BCUT2D eigenvalue weighted by Crippen LogP contribution is 2.34. The summed E-state index contributed by atoms with van der Waals surface area (Å²) in [6, 6.07) is 18.8. The molecule has 0 aromatic heterocycles. The van der Waals surface area contributed by atoms with Crippen molar-refractivity contribution in [2.24, 2.45) is 5.73 Å². The van der Waals surface area contributed by atoms with Gasteiger partial charge in [0.25, 0.3) is 5.91 Å². The molecule has 1 fully saturated rings. The zero-order valence-corrected chi connectivity index (χ0v) is 16.5. The molecule has 1 atom stereocenters.